The average molecular weight is 287 g/mol. The summed E-state index contributed by atoms with van der Waals surface area (Å²) in [7, 11) is 1.45. The molecule has 1 heterocycles. The summed E-state index contributed by atoms with van der Waals surface area (Å²) in [6, 6.07) is 9.39. The van der Waals surface area contributed by atoms with Crippen LogP contribution in [0.15, 0.2) is 36.4 Å². The van der Waals surface area contributed by atoms with Crippen LogP contribution < -0.4 is 14.8 Å². The summed E-state index contributed by atoms with van der Waals surface area (Å²) in [5.74, 6) is -0.169. The van der Waals surface area contributed by atoms with Gasteiger partial charge in [0, 0.05) is 12.6 Å². The molecular weight excluding hydrogens is 273 g/mol. The molecule has 108 valence electrons. The second-order valence-electron chi connectivity index (χ2n) is 4.63. The Balaban J connectivity index is 2.03. The molecule has 1 N–H and O–H groups in total. The van der Waals surface area contributed by atoms with E-state index in [9.17, 15) is 9.18 Å². The number of carbonyl (C=O) groups is 1. The van der Waals surface area contributed by atoms with Gasteiger partial charge in [-0.3, -0.25) is 4.79 Å². The van der Waals surface area contributed by atoms with Crippen molar-refractivity contribution in [1.29, 1.82) is 0 Å². The molecule has 0 aromatic heterocycles. The van der Waals surface area contributed by atoms with Gasteiger partial charge in [-0.2, -0.15) is 0 Å². The van der Waals surface area contributed by atoms with Crippen molar-refractivity contribution >= 4 is 11.5 Å². The molecule has 5 heteroatoms. The minimum Gasteiger partial charge on any atom is -0.497 e. The van der Waals surface area contributed by atoms with E-state index in [0.29, 0.717) is 30.2 Å². The van der Waals surface area contributed by atoms with Gasteiger partial charge in [-0.05, 0) is 24.3 Å². The maximum Gasteiger partial charge on any atom is 0.199 e. The predicted octanol–water partition coefficient (Wildman–Crippen LogP) is 2.87. The number of ketones is 1. The molecule has 0 bridgehead atoms. The van der Waals surface area contributed by atoms with E-state index in [4.69, 9.17) is 9.47 Å². The summed E-state index contributed by atoms with van der Waals surface area (Å²) in [5.41, 5.74) is 1.10. The molecule has 0 saturated carbocycles. The second-order valence-corrected chi connectivity index (χ2v) is 4.63. The molecule has 0 atom stereocenters. The Hall–Kier alpha value is -2.56. The highest BCUT2D eigenvalue weighted by molar-refractivity contribution is 6.12. The molecule has 3 rings (SSSR count). The molecule has 0 fully saturated rings. The van der Waals surface area contributed by atoms with Crippen molar-refractivity contribution in [1.82, 2.24) is 0 Å². The summed E-state index contributed by atoms with van der Waals surface area (Å²) < 4.78 is 24.5. The zero-order valence-electron chi connectivity index (χ0n) is 11.5. The summed E-state index contributed by atoms with van der Waals surface area (Å²) in [6.45, 7) is 1.16. The quantitative estimate of drug-likeness (QED) is 0.882. The SMILES string of the molecule is COc1ccc(C(=O)c2cccc3c2OCCN3)c(F)c1. The fraction of sp³-hybridized carbons (Fsp3) is 0.188. The van der Waals surface area contributed by atoms with Crippen molar-refractivity contribution in [2.45, 2.75) is 0 Å². The number of halogens is 1. The summed E-state index contributed by atoms with van der Waals surface area (Å²) in [4.78, 5) is 12.6. The van der Waals surface area contributed by atoms with Crippen molar-refractivity contribution in [3.63, 3.8) is 0 Å². The van der Waals surface area contributed by atoms with E-state index in [1.54, 1.807) is 18.2 Å². The molecule has 0 saturated heterocycles. The molecular formula is C16H14FNO3. The number of nitrogens with one attached hydrogen (secondary N) is 1. The van der Waals surface area contributed by atoms with Gasteiger partial charge >= 0.3 is 0 Å². The molecule has 0 aliphatic carbocycles. The van der Waals surface area contributed by atoms with Crippen LogP contribution in [0.1, 0.15) is 15.9 Å². The van der Waals surface area contributed by atoms with Gasteiger partial charge in [0.05, 0.1) is 23.9 Å². The Morgan fingerprint density at radius 2 is 2.14 bits per heavy atom. The van der Waals surface area contributed by atoms with Crippen molar-refractivity contribution < 1.29 is 18.7 Å². The van der Waals surface area contributed by atoms with Crippen molar-refractivity contribution in [2.75, 3.05) is 25.6 Å². The lowest BCUT2D eigenvalue weighted by Crippen LogP contribution is -2.20. The van der Waals surface area contributed by atoms with Crippen LogP contribution in [-0.2, 0) is 0 Å². The molecule has 0 unspecified atom stereocenters. The lowest BCUT2D eigenvalue weighted by molar-refractivity contribution is 0.103. The number of para-hydroxylation sites is 1. The summed E-state index contributed by atoms with van der Waals surface area (Å²) in [6.07, 6.45) is 0. The molecule has 0 radical (unpaired) electrons. The number of rotatable bonds is 3. The lowest BCUT2D eigenvalue weighted by atomic mass is 10.0. The standard InChI is InChI=1S/C16H14FNO3/c1-20-10-5-6-11(13(17)9-10)15(19)12-3-2-4-14-16(12)21-8-7-18-14/h2-6,9,18H,7-8H2,1H3. The van der Waals surface area contributed by atoms with Crippen LogP contribution >= 0.6 is 0 Å². The normalized spacial score (nSPS) is 12.9. The summed E-state index contributed by atoms with van der Waals surface area (Å²) >= 11 is 0. The summed E-state index contributed by atoms with van der Waals surface area (Å²) in [5, 5.41) is 3.15. The van der Waals surface area contributed by atoms with Crippen LogP contribution in [0.25, 0.3) is 0 Å². The molecule has 4 nitrogen and oxygen atoms in total. The number of methoxy groups -OCH3 is 1. The number of fused-ring (bicyclic) bond motifs is 1. The molecule has 2 aromatic carbocycles. The highest BCUT2D eigenvalue weighted by Gasteiger charge is 2.22. The number of hydrogen-bond acceptors (Lipinski definition) is 4. The van der Waals surface area contributed by atoms with E-state index in [1.807, 2.05) is 6.07 Å². The molecule has 1 aliphatic heterocycles. The predicted molar refractivity (Wildman–Crippen MR) is 76.8 cm³/mol. The molecule has 1 aliphatic rings. The average Bonchev–Trinajstić information content (AvgIpc) is 2.53. The third-order valence-corrected chi connectivity index (χ3v) is 3.34. The highest BCUT2D eigenvalue weighted by Crippen LogP contribution is 2.33. The Morgan fingerprint density at radius 1 is 1.29 bits per heavy atom. The van der Waals surface area contributed by atoms with Crippen LogP contribution in [0.5, 0.6) is 11.5 Å². The van der Waals surface area contributed by atoms with Gasteiger partial charge in [0.1, 0.15) is 18.2 Å². The minimum atomic E-state index is -0.610. The maximum absolute atomic E-state index is 14.0. The van der Waals surface area contributed by atoms with Crippen molar-refractivity contribution in [2.24, 2.45) is 0 Å². The Morgan fingerprint density at radius 3 is 2.90 bits per heavy atom. The molecule has 2 aromatic rings. The molecule has 0 spiro atoms. The first-order valence-electron chi connectivity index (χ1n) is 6.58. The van der Waals surface area contributed by atoms with Crippen LogP contribution in [0.3, 0.4) is 0 Å². The third-order valence-electron chi connectivity index (χ3n) is 3.34. The number of benzene rings is 2. The van der Waals surface area contributed by atoms with Gasteiger partial charge in [0.2, 0.25) is 0 Å². The fourth-order valence-corrected chi connectivity index (χ4v) is 2.30. The van der Waals surface area contributed by atoms with Crippen molar-refractivity contribution in [3.8, 4) is 11.5 Å². The van der Waals surface area contributed by atoms with E-state index in [0.717, 1.165) is 5.69 Å². The van der Waals surface area contributed by atoms with Gasteiger partial charge < -0.3 is 14.8 Å². The first-order chi connectivity index (χ1) is 10.2. The zero-order valence-corrected chi connectivity index (χ0v) is 11.5. The van der Waals surface area contributed by atoms with E-state index >= 15 is 0 Å². The number of anilines is 1. The number of carbonyl (C=O) groups excluding carboxylic acids is 1. The van der Waals surface area contributed by atoms with Gasteiger partial charge in [0.15, 0.2) is 11.5 Å². The van der Waals surface area contributed by atoms with E-state index < -0.39 is 11.6 Å². The highest BCUT2D eigenvalue weighted by atomic mass is 19.1. The van der Waals surface area contributed by atoms with Gasteiger partial charge in [-0.1, -0.05) is 6.07 Å². The molecule has 21 heavy (non-hydrogen) atoms. The van der Waals surface area contributed by atoms with Crippen molar-refractivity contribution in [3.05, 3.63) is 53.3 Å². The maximum atomic E-state index is 14.0. The first-order valence-corrected chi connectivity index (χ1v) is 6.58. The lowest BCUT2D eigenvalue weighted by Gasteiger charge is -2.21. The van der Waals surface area contributed by atoms with E-state index in [-0.39, 0.29) is 5.56 Å². The van der Waals surface area contributed by atoms with Crippen LogP contribution in [-0.4, -0.2) is 26.0 Å². The van der Waals surface area contributed by atoms with Gasteiger partial charge in [-0.25, -0.2) is 4.39 Å². The number of ether oxygens (including phenoxy) is 2. The first kappa shape index (κ1) is 13.4. The van der Waals surface area contributed by atoms with Gasteiger partial charge in [-0.15, -0.1) is 0 Å². The van der Waals surface area contributed by atoms with Crippen LogP contribution in [0.4, 0.5) is 10.1 Å². The van der Waals surface area contributed by atoms with Gasteiger partial charge in [0.25, 0.3) is 0 Å². The zero-order chi connectivity index (χ0) is 14.8. The van der Waals surface area contributed by atoms with E-state index in [2.05, 4.69) is 5.32 Å². The fourth-order valence-electron chi connectivity index (χ4n) is 2.30. The molecule has 0 amide bonds. The Labute approximate surface area is 121 Å². The van der Waals surface area contributed by atoms with Crippen LogP contribution in [0, 0.1) is 5.82 Å². The monoisotopic (exact) mass is 287 g/mol. The smallest absolute Gasteiger partial charge is 0.199 e. The second kappa shape index (κ2) is 5.44. The van der Waals surface area contributed by atoms with E-state index in [1.165, 1.54) is 19.2 Å². The minimum absolute atomic E-state index is 0.00151. The Kier molecular flexibility index (Phi) is 3.48. The van der Waals surface area contributed by atoms with Crippen LogP contribution in [0.2, 0.25) is 0 Å². The number of hydrogen-bond donors (Lipinski definition) is 1. The topological polar surface area (TPSA) is 47.6 Å². The largest absolute Gasteiger partial charge is 0.497 e. The Bertz CT molecular complexity index is 700. The third kappa shape index (κ3) is 2.42.